The molecule has 7 nitrogen and oxygen atoms in total. The molecule has 0 aliphatic heterocycles. The van der Waals surface area contributed by atoms with Crippen molar-refractivity contribution in [2.24, 2.45) is 0 Å². The third-order valence-electron chi connectivity index (χ3n) is 2.36. The van der Waals surface area contributed by atoms with Crippen LogP contribution < -0.4 is 14.8 Å². The van der Waals surface area contributed by atoms with Crippen LogP contribution in [0.4, 0.5) is 5.95 Å². The molecule has 20 heavy (non-hydrogen) atoms. The van der Waals surface area contributed by atoms with Crippen LogP contribution in [0, 0.1) is 6.92 Å². The zero-order valence-electron chi connectivity index (χ0n) is 11.3. The molecule has 0 saturated carbocycles. The molecule has 0 atom stereocenters. The zero-order chi connectivity index (χ0) is 14.4. The third kappa shape index (κ3) is 3.98. The number of carbonyl (C=O) groups excluding carboxylic acids is 1. The van der Waals surface area contributed by atoms with Crippen molar-refractivity contribution >= 4 is 11.9 Å². The van der Waals surface area contributed by atoms with Crippen LogP contribution in [0.3, 0.4) is 0 Å². The summed E-state index contributed by atoms with van der Waals surface area (Å²) in [5.41, 5.74) is 1.07. The highest BCUT2D eigenvalue weighted by atomic mass is 16.5. The Morgan fingerprint density at radius 2 is 2.25 bits per heavy atom. The molecule has 1 heterocycles. The Balaban J connectivity index is 1.82. The average molecular weight is 276 g/mol. The lowest BCUT2D eigenvalue weighted by atomic mass is 10.2. The molecule has 0 aliphatic carbocycles. The number of amides is 1. The molecule has 0 spiro atoms. The first-order chi connectivity index (χ1) is 9.67. The van der Waals surface area contributed by atoms with Gasteiger partial charge in [0.1, 0.15) is 5.75 Å². The Kier molecular flexibility index (Phi) is 4.54. The van der Waals surface area contributed by atoms with Gasteiger partial charge in [-0.1, -0.05) is 12.1 Å². The summed E-state index contributed by atoms with van der Waals surface area (Å²) in [6, 6.07) is 7.67. The van der Waals surface area contributed by atoms with Gasteiger partial charge in [-0.3, -0.25) is 10.1 Å². The number of nitrogens with zero attached hydrogens (tertiary/aromatic N) is 2. The zero-order valence-corrected chi connectivity index (χ0v) is 11.3. The van der Waals surface area contributed by atoms with E-state index in [0.717, 1.165) is 5.56 Å². The highest BCUT2D eigenvalue weighted by molar-refractivity contribution is 5.90. The first kappa shape index (κ1) is 13.9. The van der Waals surface area contributed by atoms with Gasteiger partial charge in [-0.25, -0.2) is 5.10 Å². The topological polar surface area (TPSA) is 89.1 Å². The fraction of sp³-hybridized carbons (Fsp3) is 0.308. The van der Waals surface area contributed by atoms with E-state index in [4.69, 9.17) is 9.47 Å². The Bertz CT molecular complexity index is 583. The molecule has 2 N–H and O–H groups in total. The van der Waals surface area contributed by atoms with E-state index in [9.17, 15) is 4.79 Å². The molecule has 0 unspecified atom stereocenters. The Labute approximate surface area is 116 Å². The monoisotopic (exact) mass is 276 g/mol. The van der Waals surface area contributed by atoms with Gasteiger partial charge in [-0.15, -0.1) is 5.10 Å². The predicted molar refractivity (Wildman–Crippen MR) is 72.9 cm³/mol. The molecule has 0 saturated heterocycles. The highest BCUT2D eigenvalue weighted by Crippen LogP contribution is 2.12. The number of carbonyl (C=O) groups is 1. The van der Waals surface area contributed by atoms with E-state index in [-0.39, 0.29) is 24.5 Å². The molecular formula is C13H16N4O3. The number of aromatic nitrogens is 3. The molecule has 1 amide bonds. The quantitative estimate of drug-likeness (QED) is 0.835. The number of H-pyrrole nitrogens is 1. The summed E-state index contributed by atoms with van der Waals surface area (Å²) in [5.74, 6) is 0.546. The molecule has 1 aromatic carbocycles. The van der Waals surface area contributed by atoms with Gasteiger partial charge in [0.2, 0.25) is 5.95 Å². The third-order valence-corrected chi connectivity index (χ3v) is 2.36. The van der Waals surface area contributed by atoms with Crippen LogP contribution in [-0.2, 0) is 4.79 Å². The summed E-state index contributed by atoms with van der Waals surface area (Å²) in [6.07, 6.45) is 0. The number of hydrogen-bond donors (Lipinski definition) is 2. The van der Waals surface area contributed by atoms with Crippen LogP contribution in [0.2, 0.25) is 0 Å². The smallest absolute Gasteiger partial charge is 0.337 e. The molecular weight excluding hydrogens is 260 g/mol. The van der Waals surface area contributed by atoms with E-state index in [0.29, 0.717) is 12.4 Å². The van der Waals surface area contributed by atoms with E-state index < -0.39 is 0 Å². The van der Waals surface area contributed by atoms with Crippen molar-refractivity contribution in [2.75, 3.05) is 18.5 Å². The molecule has 0 fully saturated rings. The van der Waals surface area contributed by atoms with Gasteiger partial charge in [-0.2, -0.15) is 4.98 Å². The summed E-state index contributed by atoms with van der Waals surface area (Å²) >= 11 is 0. The van der Waals surface area contributed by atoms with Gasteiger partial charge < -0.3 is 9.47 Å². The molecule has 7 heteroatoms. The normalized spacial score (nSPS) is 10.1. The summed E-state index contributed by atoms with van der Waals surface area (Å²) in [4.78, 5) is 15.6. The Morgan fingerprint density at radius 1 is 1.40 bits per heavy atom. The molecule has 2 aromatic rings. The highest BCUT2D eigenvalue weighted by Gasteiger charge is 2.08. The second-order valence-electron chi connectivity index (χ2n) is 4.05. The van der Waals surface area contributed by atoms with Crippen molar-refractivity contribution in [3.8, 4) is 11.8 Å². The predicted octanol–water partition coefficient (Wildman–Crippen LogP) is 1.53. The van der Waals surface area contributed by atoms with Gasteiger partial charge in [0, 0.05) is 0 Å². The summed E-state index contributed by atoms with van der Waals surface area (Å²) in [6.45, 7) is 4.14. The van der Waals surface area contributed by atoms with E-state index in [2.05, 4.69) is 20.5 Å². The first-order valence-electron chi connectivity index (χ1n) is 6.22. The van der Waals surface area contributed by atoms with Crippen LogP contribution in [-0.4, -0.2) is 34.3 Å². The molecule has 106 valence electrons. The largest absolute Gasteiger partial charge is 0.484 e. The van der Waals surface area contributed by atoms with Gasteiger partial charge in [0.05, 0.1) is 6.61 Å². The van der Waals surface area contributed by atoms with E-state index >= 15 is 0 Å². The summed E-state index contributed by atoms with van der Waals surface area (Å²) in [7, 11) is 0. The minimum Gasteiger partial charge on any atom is -0.484 e. The van der Waals surface area contributed by atoms with Crippen molar-refractivity contribution in [3.05, 3.63) is 29.8 Å². The lowest BCUT2D eigenvalue weighted by Gasteiger charge is -2.06. The fourth-order valence-electron chi connectivity index (χ4n) is 1.52. The minimum absolute atomic E-state index is 0.103. The van der Waals surface area contributed by atoms with Gasteiger partial charge in [0.15, 0.2) is 6.61 Å². The molecule has 2 rings (SSSR count). The minimum atomic E-state index is -0.328. The number of aromatic amines is 1. The standard InChI is InChI=1S/C13H16N4O3/c1-3-19-13-15-12(16-17-13)14-11(18)8-20-10-6-4-5-9(2)7-10/h4-7H,3,8H2,1-2H3,(H2,14,15,16,17,18). The van der Waals surface area contributed by atoms with Crippen LogP contribution in [0.5, 0.6) is 11.8 Å². The Hall–Kier alpha value is -2.57. The fourth-order valence-corrected chi connectivity index (χ4v) is 1.52. The van der Waals surface area contributed by atoms with Gasteiger partial charge >= 0.3 is 6.01 Å². The SMILES string of the molecule is CCOc1n[nH]c(NC(=O)COc2cccc(C)c2)n1. The van der Waals surface area contributed by atoms with Crippen molar-refractivity contribution in [3.63, 3.8) is 0 Å². The van der Waals surface area contributed by atoms with Crippen LogP contribution in [0.25, 0.3) is 0 Å². The molecule has 0 aliphatic rings. The number of anilines is 1. The van der Waals surface area contributed by atoms with E-state index in [1.165, 1.54) is 0 Å². The Morgan fingerprint density at radius 3 is 3.00 bits per heavy atom. The average Bonchev–Trinajstić information content (AvgIpc) is 2.84. The van der Waals surface area contributed by atoms with Crippen molar-refractivity contribution in [1.82, 2.24) is 15.2 Å². The maximum Gasteiger partial charge on any atom is 0.337 e. The van der Waals surface area contributed by atoms with Crippen LogP contribution >= 0.6 is 0 Å². The number of benzene rings is 1. The maximum absolute atomic E-state index is 11.7. The van der Waals surface area contributed by atoms with Crippen LogP contribution in [0.15, 0.2) is 24.3 Å². The first-order valence-corrected chi connectivity index (χ1v) is 6.22. The number of rotatable bonds is 6. The lowest BCUT2D eigenvalue weighted by Crippen LogP contribution is -2.20. The van der Waals surface area contributed by atoms with Gasteiger partial charge in [0.25, 0.3) is 5.91 Å². The van der Waals surface area contributed by atoms with Gasteiger partial charge in [-0.05, 0) is 31.5 Å². The second kappa shape index (κ2) is 6.55. The molecule has 1 aromatic heterocycles. The van der Waals surface area contributed by atoms with Crippen molar-refractivity contribution in [2.45, 2.75) is 13.8 Å². The maximum atomic E-state index is 11.7. The van der Waals surface area contributed by atoms with Crippen molar-refractivity contribution < 1.29 is 14.3 Å². The molecule has 0 radical (unpaired) electrons. The van der Waals surface area contributed by atoms with Crippen molar-refractivity contribution in [1.29, 1.82) is 0 Å². The number of nitrogens with one attached hydrogen (secondary N) is 2. The summed E-state index contributed by atoms with van der Waals surface area (Å²) in [5, 5.41) is 8.86. The van der Waals surface area contributed by atoms with E-state index in [1.807, 2.05) is 32.0 Å². The van der Waals surface area contributed by atoms with E-state index in [1.54, 1.807) is 6.07 Å². The molecule has 0 bridgehead atoms. The van der Waals surface area contributed by atoms with Crippen LogP contribution in [0.1, 0.15) is 12.5 Å². The second-order valence-corrected chi connectivity index (χ2v) is 4.05. The lowest BCUT2D eigenvalue weighted by molar-refractivity contribution is -0.118. The summed E-state index contributed by atoms with van der Waals surface area (Å²) < 4.78 is 10.4. The number of aryl methyl sites for hydroxylation is 1. The number of hydrogen-bond acceptors (Lipinski definition) is 5. The number of ether oxygens (including phenoxy) is 2.